The van der Waals surface area contributed by atoms with Gasteiger partial charge in [0.1, 0.15) is 5.82 Å². The molecule has 1 aliphatic carbocycles. The number of aliphatic hydroxyl groups is 1. The van der Waals surface area contributed by atoms with Crippen molar-refractivity contribution in [1.82, 2.24) is 0 Å². The van der Waals surface area contributed by atoms with Crippen LogP contribution in [0.1, 0.15) is 23.7 Å². The molecule has 1 aromatic rings. The highest BCUT2D eigenvalue weighted by atomic mass is 32.2. The minimum Gasteiger partial charge on any atom is -0.388 e. The Balaban J connectivity index is 2.73. The topological polar surface area (TPSA) is 61.2 Å². The Bertz CT molecular complexity index is 595. The summed E-state index contributed by atoms with van der Waals surface area (Å²) in [5.74, 6) is -0.748. The Labute approximate surface area is 100 Å². The van der Waals surface area contributed by atoms with Gasteiger partial charge in [0, 0.05) is 5.56 Å². The van der Waals surface area contributed by atoms with Crippen LogP contribution in [0.4, 0.5) is 17.6 Å². The van der Waals surface area contributed by atoms with Crippen LogP contribution in [-0.4, -0.2) is 14.8 Å². The first-order chi connectivity index (χ1) is 8.16. The summed E-state index contributed by atoms with van der Waals surface area (Å²) in [5.41, 5.74) is -5.67. The largest absolute Gasteiger partial charge is 0.483 e. The molecule has 0 saturated carbocycles. The average Bonchev–Trinajstić information content (AvgIpc) is 2.60. The molecule has 0 fully saturated rings. The second kappa shape index (κ2) is 3.92. The zero-order valence-electron chi connectivity index (χ0n) is 8.92. The molecule has 0 saturated heterocycles. The third-order valence-electron chi connectivity index (χ3n) is 2.90. The molecule has 0 aromatic heterocycles. The van der Waals surface area contributed by atoms with E-state index in [1.807, 2.05) is 0 Å². The van der Waals surface area contributed by atoms with Crippen molar-refractivity contribution in [2.75, 3.05) is 0 Å². The highest BCUT2D eigenvalue weighted by Crippen LogP contribution is 2.41. The third-order valence-corrected chi connectivity index (χ3v) is 4.52. The molecule has 18 heavy (non-hydrogen) atoms. The maximum atomic E-state index is 13.4. The number of rotatable bonds is 1. The number of aliphatic hydroxyl groups excluding tert-OH is 1. The summed E-state index contributed by atoms with van der Waals surface area (Å²) in [4.78, 5) is -0.837. The van der Waals surface area contributed by atoms with Crippen molar-refractivity contribution in [2.24, 2.45) is 0 Å². The molecule has 1 aliphatic rings. The molecule has 2 atom stereocenters. The number of halogens is 4. The summed E-state index contributed by atoms with van der Waals surface area (Å²) in [6.45, 7) is 0. The molecule has 0 spiro atoms. The summed E-state index contributed by atoms with van der Waals surface area (Å²) in [5, 5.41) is 9.57. The van der Waals surface area contributed by atoms with Crippen LogP contribution in [0.25, 0.3) is 0 Å². The van der Waals surface area contributed by atoms with Crippen LogP contribution in [0.15, 0.2) is 17.0 Å². The van der Waals surface area contributed by atoms with Crippen LogP contribution in [0.2, 0.25) is 0 Å². The number of benzene rings is 1. The number of fused-ring (bicyclic) bond motifs is 1. The van der Waals surface area contributed by atoms with Gasteiger partial charge in [-0.05, 0) is 30.5 Å². The van der Waals surface area contributed by atoms with Gasteiger partial charge in [0.2, 0.25) is 0 Å². The van der Waals surface area contributed by atoms with Crippen LogP contribution in [0, 0.1) is 10.6 Å². The summed E-state index contributed by atoms with van der Waals surface area (Å²) in [6.07, 6.45) is -1.17. The molecule has 0 radical (unpaired) electrons. The normalized spacial score (nSPS) is 22.6. The van der Waals surface area contributed by atoms with Gasteiger partial charge in [-0.3, -0.25) is 0 Å². The molecule has 0 heterocycles. The average molecular weight is 283 g/mol. The van der Waals surface area contributed by atoms with Crippen molar-refractivity contribution in [3.8, 4) is 0 Å². The molecule has 2 rings (SSSR count). The van der Waals surface area contributed by atoms with Crippen LogP contribution >= 0.6 is 0 Å². The Kier molecular flexibility index (Phi) is 2.90. The molecular weight excluding hydrogens is 274 g/mol. The molecule has 0 bridgehead atoms. The van der Waals surface area contributed by atoms with Gasteiger partial charge in [0.15, 0.2) is 9.73 Å². The van der Waals surface area contributed by atoms with Gasteiger partial charge < -0.3 is 5.11 Å². The van der Waals surface area contributed by atoms with Crippen LogP contribution in [0.5, 0.6) is 0 Å². The molecule has 0 amide bonds. The van der Waals surface area contributed by atoms with Gasteiger partial charge in [0.05, 0.1) is 11.0 Å². The molecule has 1 aromatic carbocycles. The van der Waals surface area contributed by atoms with Crippen molar-refractivity contribution in [3.63, 3.8) is 0 Å². The van der Waals surface area contributed by atoms with E-state index in [0.29, 0.717) is 6.07 Å². The molecule has 3 nitrogen and oxygen atoms in total. The van der Waals surface area contributed by atoms with Gasteiger partial charge in [-0.25, -0.2) is 13.4 Å². The Morgan fingerprint density at radius 3 is 2.56 bits per heavy atom. The molecule has 2 unspecified atom stereocenters. The Morgan fingerprint density at radius 1 is 1.39 bits per heavy atom. The van der Waals surface area contributed by atoms with E-state index >= 15 is 0 Å². The van der Waals surface area contributed by atoms with Gasteiger partial charge >= 0.3 is 5.51 Å². The fraction of sp³-hybridized carbons (Fsp3) is 0.400. The minimum absolute atomic E-state index is 0.0661. The number of nitrogens with one attached hydrogen (secondary N) is 1. The van der Waals surface area contributed by atoms with E-state index in [1.165, 1.54) is 0 Å². The van der Waals surface area contributed by atoms with Crippen molar-refractivity contribution >= 4 is 9.73 Å². The van der Waals surface area contributed by atoms with E-state index in [0.717, 1.165) is 6.07 Å². The van der Waals surface area contributed by atoms with Crippen LogP contribution < -0.4 is 0 Å². The van der Waals surface area contributed by atoms with Crippen LogP contribution in [0.3, 0.4) is 0 Å². The lowest BCUT2D eigenvalue weighted by molar-refractivity contribution is -0.0407. The van der Waals surface area contributed by atoms with Gasteiger partial charge in [-0.15, -0.1) is 0 Å². The van der Waals surface area contributed by atoms with E-state index in [1.54, 1.807) is 0 Å². The van der Waals surface area contributed by atoms with E-state index in [4.69, 9.17) is 4.78 Å². The van der Waals surface area contributed by atoms with E-state index in [-0.39, 0.29) is 24.0 Å². The molecule has 8 heteroatoms. The summed E-state index contributed by atoms with van der Waals surface area (Å²) in [7, 11) is -5.08. The van der Waals surface area contributed by atoms with E-state index in [9.17, 15) is 26.9 Å². The van der Waals surface area contributed by atoms with Gasteiger partial charge in [-0.2, -0.15) is 13.2 Å². The lowest BCUT2D eigenvalue weighted by Crippen LogP contribution is -2.23. The first-order valence-corrected chi connectivity index (χ1v) is 6.56. The monoisotopic (exact) mass is 283 g/mol. The second-order valence-electron chi connectivity index (χ2n) is 3.99. The smallest absolute Gasteiger partial charge is 0.388 e. The van der Waals surface area contributed by atoms with Gasteiger partial charge in [0.25, 0.3) is 0 Å². The quantitative estimate of drug-likeness (QED) is 0.778. The lowest BCUT2D eigenvalue weighted by atomic mass is 10.1. The minimum atomic E-state index is -5.25. The standard InChI is InChI=1S/C10H9F4NO2S/c11-6-2-4-8(18(15,17)10(12,13)14)9-5(6)1-3-7(9)16/h2,4,7,15-16H,1,3H2. The highest BCUT2D eigenvalue weighted by Gasteiger charge is 2.46. The summed E-state index contributed by atoms with van der Waals surface area (Å²) in [6, 6.07) is 1.43. The van der Waals surface area contributed by atoms with Crippen molar-refractivity contribution in [1.29, 1.82) is 4.78 Å². The third kappa shape index (κ3) is 1.79. The lowest BCUT2D eigenvalue weighted by Gasteiger charge is -2.16. The van der Waals surface area contributed by atoms with Crippen molar-refractivity contribution < 1.29 is 26.9 Å². The first-order valence-electron chi connectivity index (χ1n) is 5.00. The number of hydrogen-bond donors (Lipinski definition) is 2. The summed E-state index contributed by atoms with van der Waals surface area (Å²) >= 11 is 0. The molecule has 2 N–H and O–H groups in total. The zero-order valence-corrected chi connectivity index (χ0v) is 9.74. The molecule has 100 valence electrons. The predicted molar refractivity (Wildman–Crippen MR) is 54.9 cm³/mol. The predicted octanol–water partition coefficient (Wildman–Crippen LogP) is 2.73. The van der Waals surface area contributed by atoms with Crippen LogP contribution in [-0.2, 0) is 16.1 Å². The Hall–Kier alpha value is -1.15. The molecular formula is C10H9F4NO2S. The number of alkyl halides is 3. The van der Waals surface area contributed by atoms with E-state index < -0.39 is 32.1 Å². The maximum Gasteiger partial charge on any atom is 0.483 e. The fourth-order valence-corrected chi connectivity index (χ4v) is 3.11. The van der Waals surface area contributed by atoms with Gasteiger partial charge in [-0.1, -0.05) is 0 Å². The maximum absolute atomic E-state index is 13.4. The summed E-state index contributed by atoms with van der Waals surface area (Å²) < 4.78 is 69.7. The number of hydrogen-bond acceptors (Lipinski definition) is 3. The Morgan fingerprint density at radius 2 is 2.00 bits per heavy atom. The van der Waals surface area contributed by atoms with Crippen molar-refractivity contribution in [2.45, 2.75) is 29.3 Å². The first kappa shape index (κ1) is 13.3. The van der Waals surface area contributed by atoms with Crippen molar-refractivity contribution in [3.05, 3.63) is 29.1 Å². The highest BCUT2D eigenvalue weighted by molar-refractivity contribution is 7.93. The second-order valence-corrected chi connectivity index (χ2v) is 6.01. The molecule has 0 aliphatic heterocycles. The SMILES string of the molecule is N=S(=O)(c1ccc(F)c2c1C(O)CC2)C(F)(F)F. The fourth-order valence-electron chi connectivity index (χ4n) is 2.04. The zero-order chi connectivity index (χ0) is 13.7. The van der Waals surface area contributed by atoms with E-state index in [2.05, 4.69) is 0 Å².